The van der Waals surface area contributed by atoms with Crippen LogP contribution in [0.2, 0.25) is 0 Å². The number of anilines is 1. The van der Waals surface area contributed by atoms with Crippen LogP contribution in [0.25, 0.3) is 6.08 Å². The van der Waals surface area contributed by atoms with E-state index in [9.17, 15) is 4.79 Å². The van der Waals surface area contributed by atoms with Gasteiger partial charge in [-0.05, 0) is 30.5 Å². The van der Waals surface area contributed by atoms with Gasteiger partial charge in [0, 0.05) is 6.08 Å². The summed E-state index contributed by atoms with van der Waals surface area (Å²) in [6.45, 7) is 2.21. The van der Waals surface area contributed by atoms with Crippen molar-refractivity contribution in [1.82, 2.24) is 0 Å². The van der Waals surface area contributed by atoms with E-state index in [1.807, 2.05) is 54.8 Å². The normalized spacial score (nSPS) is 16.9. The summed E-state index contributed by atoms with van der Waals surface area (Å²) in [5, 5.41) is 2.02. The molecule has 1 N–H and O–H groups in total. The molecule has 0 fully saturated rings. The minimum absolute atomic E-state index is 0.244. The Balaban J connectivity index is 2.02. The molecule has 3 nitrogen and oxygen atoms in total. The summed E-state index contributed by atoms with van der Waals surface area (Å²) in [5.74, 6) is -0.244. The predicted octanol–water partition coefficient (Wildman–Crippen LogP) is 3.67. The molecule has 1 aliphatic heterocycles. The summed E-state index contributed by atoms with van der Waals surface area (Å²) >= 11 is 1.15. The summed E-state index contributed by atoms with van der Waals surface area (Å²) in [6, 6.07) is 12.0. The van der Waals surface area contributed by atoms with E-state index in [1.54, 1.807) is 11.3 Å². The van der Waals surface area contributed by atoms with Gasteiger partial charge in [-0.15, -0.1) is 11.3 Å². The molecule has 1 unspecified atom stereocenters. The predicted molar refractivity (Wildman–Crippen MR) is 84.6 cm³/mol. The molecule has 0 saturated heterocycles. The number of fused-ring (bicyclic) bond motifs is 1. The molecule has 1 aliphatic rings. The van der Waals surface area contributed by atoms with Crippen molar-refractivity contribution in [1.29, 1.82) is 0 Å². The fraction of sp³-hybridized carbons (Fsp3) is 0.133. The van der Waals surface area contributed by atoms with Crippen LogP contribution in [0.4, 0.5) is 5.69 Å². The standard InChI is InChI=1S/C15H13NO2S2/c1-2-18-15(17)14-10-13-12(8-9-19-13)16-20(14)11-6-4-3-5-7-11/h3-10H,2H2,1H3/p+1. The van der Waals surface area contributed by atoms with Crippen molar-refractivity contribution in [3.63, 3.8) is 0 Å². The van der Waals surface area contributed by atoms with Crippen LogP contribution >= 0.6 is 11.3 Å². The molecule has 5 heteroatoms. The lowest BCUT2D eigenvalue weighted by atomic mass is 10.3. The molecular formula is C15H14NO2S2+. The summed E-state index contributed by atoms with van der Waals surface area (Å²) in [5.41, 5.74) is 1.08. The third-order valence-electron chi connectivity index (χ3n) is 2.84. The minimum atomic E-state index is -0.474. The second-order valence-corrected chi connectivity index (χ2v) is 6.82. The van der Waals surface area contributed by atoms with Crippen LogP contribution in [-0.2, 0) is 20.6 Å². The quantitative estimate of drug-likeness (QED) is 0.694. The topological polar surface area (TPSA) is 38.3 Å². The first-order chi connectivity index (χ1) is 9.79. The molecule has 0 amide bonds. The third-order valence-corrected chi connectivity index (χ3v) is 5.60. The van der Waals surface area contributed by atoms with Crippen molar-refractivity contribution >= 4 is 40.2 Å². The maximum atomic E-state index is 12.2. The largest absolute Gasteiger partial charge is 0.459 e. The van der Waals surface area contributed by atoms with Crippen LogP contribution in [-0.4, -0.2) is 12.6 Å². The van der Waals surface area contributed by atoms with E-state index >= 15 is 0 Å². The van der Waals surface area contributed by atoms with Gasteiger partial charge in [0.1, 0.15) is 5.69 Å². The number of ether oxygens (including phenoxy) is 1. The summed E-state index contributed by atoms with van der Waals surface area (Å²) in [7, 11) is 0. The first-order valence-electron chi connectivity index (χ1n) is 6.32. The number of nitrogens with one attached hydrogen (secondary N) is 1. The number of thiophene rings is 1. The van der Waals surface area contributed by atoms with E-state index in [-0.39, 0.29) is 5.97 Å². The average Bonchev–Trinajstić information content (AvgIpc) is 2.94. The zero-order valence-electron chi connectivity index (χ0n) is 11.0. The van der Waals surface area contributed by atoms with Gasteiger partial charge in [-0.25, -0.2) is 4.79 Å². The van der Waals surface area contributed by atoms with Gasteiger partial charge in [-0.3, -0.25) is 0 Å². The zero-order valence-corrected chi connectivity index (χ0v) is 12.6. The molecule has 0 spiro atoms. The Labute approximate surface area is 124 Å². The lowest BCUT2D eigenvalue weighted by Gasteiger charge is -2.15. The number of carbonyl (C=O) groups is 1. The van der Waals surface area contributed by atoms with Gasteiger partial charge in [0.2, 0.25) is 0 Å². The van der Waals surface area contributed by atoms with Crippen LogP contribution in [0.3, 0.4) is 0 Å². The molecule has 2 heterocycles. The van der Waals surface area contributed by atoms with Crippen molar-refractivity contribution in [2.75, 3.05) is 11.3 Å². The van der Waals surface area contributed by atoms with Gasteiger partial charge in [-0.1, -0.05) is 18.2 Å². The number of hydrogen-bond donors (Lipinski definition) is 1. The van der Waals surface area contributed by atoms with Crippen LogP contribution in [0, 0.1) is 0 Å². The molecule has 1 aromatic heterocycles. The molecule has 1 aromatic carbocycles. The maximum absolute atomic E-state index is 12.2. The Morgan fingerprint density at radius 2 is 2.10 bits per heavy atom. The Bertz CT molecular complexity index is 649. The lowest BCUT2D eigenvalue weighted by Crippen LogP contribution is -2.25. The molecule has 1 atom stereocenters. The lowest BCUT2D eigenvalue weighted by molar-refractivity contribution is -0.137. The van der Waals surface area contributed by atoms with E-state index in [4.69, 9.17) is 4.74 Å². The van der Waals surface area contributed by atoms with Crippen molar-refractivity contribution in [3.8, 4) is 0 Å². The molecule has 20 heavy (non-hydrogen) atoms. The van der Waals surface area contributed by atoms with E-state index in [0.29, 0.717) is 11.5 Å². The summed E-state index contributed by atoms with van der Waals surface area (Å²) in [4.78, 5) is 15.0. The van der Waals surface area contributed by atoms with Crippen LogP contribution in [0.5, 0.6) is 0 Å². The summed E-state index contributed by atoms with van der Waals surface area (Å²) < 4.78 is 8.64. The number of esters is 1. The molecule has 0 radical (unpaired) electrons. The molecule has 0 aliphatic carbocycles. The zero-order chi connectivity index (χ0) is 13.9. The van der Waals surface area contributed by atoms with Crippen LogP contribution < -0.4 is 4.72 Å². The Morgan fingerprint density at radius 1 is 1.30 bits per heavy atom. The molecule has 0 saturated carbocycles. The highest BCUT2D eigenvalue weighted by molar-refractivity contribution is 8.03. The van der Waals surface area contributed by atoms with Crippen molar-refractivity contribution in [2.45, 2.75) is 11.8 Å². The summed E-state index contributed by atoms with van der Waals surface area (Å²) in [6.07, 6.45) is 1.95. The van der Waals surface area contributed by atoms with E-state index in [0.717, 1.165) is 15.5 Å². The first-order valence-corrected chi connectivity index (χ1v) is 8.42. The number of rotatable bonds is 3. The van der Waals surface area contributed by atoms with Gasteiger partial charge in [0.15, 0.2) is 16.0 Å². The molecule has 0 bridgehead atoms. The highest BCUT2D eigenvalue weighted by atomic mass is 32.2. The number of benzene rings is 1. The smallest absolute Gasteiger partial charge is 0.389 e. The highest BCUT2D eigenvalue weighted by Crippen LogP contribution is 2.36. The van der Waals surface area contributed by atoms with Gasteiger partial charge < -0.3 is 4.74 Å². The maximum Gasteiger partial charge on any atom is 0.389 e. The first kappa shape index (κ1) is 13.3. The second-order valence-electron chi connectivity index (χ2n) is 4.15. The van der Waals surface area contributed by atoms with E-state index in [1.165, 1.54) is 0 Å². The van der Waals surface area contributed by atoms with E-state index in [2.05, 4.69) is 4.72 Å². The van der Waals surface area contributed by atoms with Gasteiger partial charge in [0.05, 0.1) is 11.5 Å². The monoisotopic (exact) mass is 304 g/mol. The Hall–Kier alpha value is -1.72. The number of hydrogen-bond acceptors (Lipinski definition) is 4. The third kappa shape index (κ3) is 2.46. The fourth-order valence-electron chi connectivity index (χ4n) is 1.95. The van der Waals surface area contributed by atoms with Crippen molar-refractivity contribution in [2.24, 2.45) is 0 Å². The highest BCUT2D eigenvalue weighted by Gasteiger charge is 2.39. The second kappa shape index (κ2) is 5.73. The fourth-order valence-corrected chi connectivity index (χ4v) is 4.64. The van der Waals surface area contributed by atoms with E-state index < -0.39 is 11.1 Å². The number of carbonyl (C=O) groups excluding carboxylic acids is 1. The van der Waals surface area contributed by atoms with Crippen LogP contribution in [0.1, 0.15) is 11.8 Å². The SMILES string of the molecule is CCOC(=O)C1=Cc2sccc2N[S+]1c1ccccc1. The van der Waals surface area contributed by atoms with Crippen molar-refractivity contribution in [3.05, 3.63) is 51.6 Å². The van der Waals surface area contributed by atoms with Gasteiger partial charge >= 0.3 is 5.97 Å². The molecular weight excluding hydrogens is 290 g/mol. The molecule has 102 valence electrons. The van der Waals surface area contributed by atoms with Gasteiger partial charge in [0.25, 0.3) is 4.91 Å². The molecule has 3 rings (SSSR count). The average molecular weight is 304 g/mol. The Kier molecular flexibility index (Phi) is 3.80. The molecule has 2 aromatic rings. The Morgan fingerprint density at radius 3 is 2.85 bits per heavy atom. The van der Waals surface area contributed by atoms with Gasteiger partial charge in [-0.2, -0.15) is 4.72 Å². The van der Waals surface area contributed by atoms with Crippen LogP contribution in [0.15, 0.2) is 51.6 Å². The van der Waals surface area contributed by atoms with Crippen molar-refractivity contribution < 1.29 is 9.53 Å². The minimum Gasteiger partial charge on any atom is -0.459 e.